The largest absolute Gasteiger partial charge is 0.319 e. The zero-order chi connectivity index (χ0) is 10.6. The number of hydrogen-bond donors (Lipinski definition) is 1. The first-order chi connectivity index (χ1) is 6.59. The molecule has 80 valence electrons. The van der Waals surface area contributed by atoms with E-state index in [9.17, 15) is 0 Å². The maximum atomic E-state index is 3.50. The van der Waals surface area contributed by atoms with Crippen LogP contribution in [-0.4, -0.2) is 13.6 Å². The van der Waals surface area contributed by atoms with Crippen molar-refractivity contribution in [2.45, 2.75) is 26.7 Å². The van der Waals surface area contributed by atoms with Crippen molar-refractivity contribution >= 4 is 27.3 Å². The highest BCUT2D eigenvalue weighted by atomic mass is 79.9. The molecular formula is C11H18BrNS. The average molecular weight is 276 g/mol. The lowest BCUT2D eigenvalue weighted by Crippen LogP contribution is -2.30. The van der Waals surface area contributed by atoms with Crippen LogP contribution < -0.4 is 5.32 Å². The van der Waals surface area contributed by atoms with Crippen molar-refractivity contribution in [3.8, 4) is 0 Å². The minimum atomic E-state index is 0.388. The van der Waals surface area contributed by atoms with Crippen LogP contribution in [0.1, 0.15) is 25.1 Å². The Bertz CT molecular complexity index is 285. The van der Waals surface area contributed by atoms with E-state index in [2.05, 4.69) is 46.5 Å². The molecule has 1 rings (SSSR count). The normalized spacial score (nSPS) is 15.4. The second-order valence-electron chi connectivity index (χ2n) is 4.10. The third-order valence-corrected chi connectivity index (χ3v) is 4.38. The summed E-state index contributed by atoms with van der Waals surface area (Å²) in [5, 5.41) is 5.44. The standard InChI is InChI=1S/C11H18BrNS/c1-4-11(2,8-13-3)6-10-5-9(12)7-14-10/h5,7,13H,4,6,8H2,1-3H3. The SMILES string of the molecule is CCC(C)(CNC)Cc1cc(Br)cs1. The minimum absolute atomic E-state index is 0.388. The van der Waals surface area contributed by atoms with Gasteiger partial charge in [-0.25, -0.2) is 0 Å². The van der Waals surface area contributed by atoms with Crippen LogP contribution in [0.3, 0.4) is 0 Å². The molecule has 1 aromatic rings. The summed E-state index contributed by atoms with van der Waals surface area (Å²) in [5.41, 5.74) is 0.388. The second-order valence-corrected chi connectivity index (χ2v) is 6.01. The van der Waals surface area contributed by atoms with Crippen LogP contribution in [-0.2, 0) is 6.42 Å². The molecule has 0 spiro atoms. The van der Waals surface area contributed by atoms with Gasteiger partial charge in [0.05, 0.1) is 0 Å². The quantitative estimate of drug-likeness (QED) is 0.865. The molecule has 0 saturated heterocycles. The van der Waals surface area contributed by atoms with E-state index >= 15 is 0 Å². The summed E-state index contributed by atoms with van der Waals surface area (Å²) in [4.78, 5) is 1.47. The molecule has 14 heavy (non-hydrogen) atoms. The van der Waals surface area contributed by atoms with Crippen molar-refractivity contribution in [3.05, 3.63) is 20.8 Å². The molecule has 0 amide bonds. The van der Waals surface area contributed by atoms with Gasteiger partial charge in [-0.05, 0) is 47.3 Å². The molecule has 1 atom stereocenters. The Balaban J connectivity index is 2.64. The summed E-state index contributed by atoms with van der Waals surface area (Å²) >= 11 is 5.34. The Labute approximate surface area is 99.0 Å². The highest BCUT2D eigenvalue weighted by Gasteiger charge is 2.22. The number of thiophene rings is 1. The first-order valence-corrected chi connectivity index (χ1v) is 6.64. The summed E-state index contributed by atoms with van der Waals surface area (Å²) in [6, 6.07) is 2.23. The van der Waals surface area contributed by atoms with Gasteiger partial charge in [0.15, 0.2) is 0 Å². The van der Waals surface area contributed by atoms with Gasteiger partial charge in [-0.1, -0.05) is 13.8 Å². The molecule has 0 aliphatic heterocycles. The fourth-order valence-electron chi connectivity index (χ4n) is 1.61. The maximum absolute atomic E-state index is 3.50. The van der Waals surface area contributed by atoms with Crippen LogP contribution in [0.5, 0.6) is 0 Å². The Hall–Kier alpha value is 0.140. The van der Waals surface area contributed by atoms with Gasteiger partial charge in [0.1, 0.15) is 0 Å². The summed E-state index contributed by atoms with van der Waals surface area (Å²) in [7, 11) is 2.03. The highest BCUT2D eigenvalue weighted by molar-refractivity contribution is 9.10. The van der Waals surface area contributed by atoms with E-state index in [4.69, 9.17) is 0 Å². The van der Waals surface area contributed by atoms with E-state index < -0.39 is 0 Å². The molecule has 0 bridgehead atoms. The third kappa shape index (κ3) is 3.37. The molecule has 1 heterocycles. The predicted octanol–water partition coefficient (Wildman–Crippen LogP) is 3.69. The van der Waals surface area contributed by atoms with Gasteiger partial charge >= 0.3 is 0 Å². The van der Waals surface area contributed by atoms with Crippen molar-refractivity contribution in [3.63, 3.8) is 0 Å². The van der Waals surface area contributed by atoms with Crippen LogP contribution in [0.15, 0.2) is 15.9 Å². The van der Waals surface area contributed by atoms with Gasteiger partial charge in [-0.2, -0.15) is 0 Å². The number of halogens is 1. The zero-order valence-corrected chi connectivity index (χ0v) is 11.5. The maximum Gasteiger partial charge on any atom is 0.0285 e. The molecular weight excluding hydrogens is 258 g/mol. The lowest BCUT2D eigenvalue weighted by atomic mass is 9.83. The Morgan fingerprint density at radius 2 is 2.29 bits per heavy atom. The Kier molecular flexibility index (Phi) is 4.61. The molecule has 0 aromatic carbocycles. The van der Waals surface area contributed by atoms with Crippen LogP contribution in [0.25, 0.3) is 0 Å². The van der Waals surface area contributed by atoms with Gasteiger partial charge in [0, 0.05) is 21.3 Å². The van der Waals surface area contributed by atoms with E-state index in [0.29, 0.717) is 5.41 Å². The number of rotatable bonds is 5. The smallest absolute Gasteiger partial charge is 0.0285 e. The third-order valence-electron chi connectivity index (χ3n) is 2.68. The summed E-state index contributed by atoms with van der Waals surface area (Å²) in [5.74, 6) is 0. The number of hydrogen-bond acceptors (Lipinski definition) is 2. The summed E-state index contributed by atoms with van der Waals surface area (Å²) in [6.07, 6.45) is 2.38. The highest BCUT2D eigenvalue weighted by Crippen LogP contribution is 2.30. The molecule has 0 aliphatic carbocycles. The fourth-order valence-corrected chi connectivity index (χ4v) is 3.27. The van der Waals surface area contributed by atoms with E-state index in [-0.39, 0.29) is 0 Å². The molecule has 0 aliphatic rings. The van der Waals surface area contributed by atoms with Gasteiger partial charge in [0.2, 0.25) is 0 Å². The fraction of sp³-hybridized carbons (Fsp3) is 0.636. The topological polar surface area (TPSA) is 12.0 Å². The second kappa shape index (κ2) is 5.29. The molecule has 1 aromatic heterocycles. The summed E-state index contributed by atoms with van der Waals surface area (Å²) in [6.45, 7) is 5.69. The summed E-state index contributed by atoms with van der Waals surface area (Å²) < 4.78 is 1.21. The van der Waals surface area contributed by atoms with E-state index in [1.165, 1.54) is 22.2 Å². The van der Waals surface area contributed by atoms with E-state index in [1.807, 2.05) is 18.4 Å². The molecule has 1 N–H and O–H groups in total. The van der Waals surface area contributed by atoms with E-state index in [0.717, 1.165) is 6.54 Å². The van der Waals surface area contributed by atoms with Crippen LogP contribution in [0.2, 0.25) is 0 Å². The molecule has 0 saturated carbocycles. The molecule has 1 unspecified atom stereocenters. The lowest BCUT2D eigenvalue weighted by Gasteiger charge is -2.27. The van der Waals surface area contributed by atoms with Crippen LogP contribution in [0.4, 0.5) is 0 Å². The van der Waals surface area contributed by atoms with Crippen molar-refractivity contribution in [1.82, 2.24) is 5.32 Å². The van der Waals surface area contributed by atoms with Crippen LogP contribution >= 0.6 is 27.3 Å². The Morgan fingerprint density at radius 1 is 1.57 bits per heavy atom. The van der Waals surface area contributed by atoms with Gasteiger partial charge in [0.25, 0.3) is 0 Å². The minimum Gasteiger partial charge on any atom is -0.319 e. The lowest BCUT2D eigenvalue weighted by molar-refractivity contribution is 0.301. The van der Waals surface area contributed by atoms with Crippen molar-refractivity contribution < 1.29 is 0 Å². The average Bonchev–Trinajstić information content (AvgIpc) is 2.51. The van der Waals surface area contributed by atoms with Crippen molar-refractivity contribution in [2.75, 3.05) is 13.6 Å². The molecule has 0 fully saturated rings. The first-order valence-electron chi connectivity index (χ1n) is 4.97. The molecule has 3 heteroatoms. The monoisotopic (exact) mass is 275 g/mol. The number of nitrogens with one attached hydrogen (secondary N) is 1. The van der Waals surface area contributed by atoms with Crippen molar-refractivity contribution in [1.29, 1.82) is 0 Å². The van der Waals surface area contributed by atoms with Gasteiger partial charge in [-0.3, -0.25) is 0 Å². The van der Waals surface area contributed by atoms with Gasteiger partial charge < -0.3 is 5.32 Å². The predicted molar refractivity (Wildman–Crippen MR) is 68.0 cm³/mol. The Morgan fingerprint density at radius 3 is 2.71 bits per heavy atom. The van der Waals surface area contributed by atoms with E-state index in [1.54, 1.807) is 0 Å². The van der Waals surface area contributed by atoms with Crippen molar-refractivity contribution in [2.24, 2.45) is 5.41 Å². The van der Waals surface area contributed by atoms with Crippen LogP contribution in [0, 0.1) is 5.41 Å². The van der Waals surface area contributed by atoms with Gasteiger partial charge in [-0.15, -0.1) is 11.3 Å². The molecule has 0 radical (unpaired) electrons. The molecule has 1 nitrogen and oxygen atoms in total. The zero-order valence-electron chi connectivity index (χ0n) is 9.06. The first kappa shape index (κ1) is 12.2.